The van der Waals surface area contributed by atoms with Crippen LogP contribution in [-0.4, -0.2) is 66.0 Å². The monoisotopic (exact) mass is 757 g/mol. The van der Waals surface area contributed by atoms with Crippen LogP contribution in [0.25, 0.3) is 11.1 Å². The zero-order chi connectivity index (χ0) is 39.4. The Morgan fingerprint density at radius 3 is 2.14 bits per heavy atom. The molecule has 1 heterocycles. The average Bonchev–Trinajstić information content (AvgIpc) is 3.25. The van der Waals surface area contributed by atoms with E-state index < -0.39 is 30.4 Å². The number of nitrogens with one attached hydrogen (secondary N) is 2. The largest absolute Gasteiger partial charge is 0.467 e. The smallest absolute Gasteiger partial charge is 0.328 e. The van der Waals surface area contributed by atoms with Gasteiger partial charge in [-0.05, 0) is 52.9 Å². The lowest BCUT2D eigenvalue weighted by Crippen LogP contribution is -2.47. The number of methoxy groups -OCH3 is 1. The van der Waals surface area contributed by atoms with Gasteiger partial charge in [0.25, 0.3) is 0 Å². The van der Waals surface area contributed by atoms with Crippen molar-refractivity contribution in [2.24, 2.45) is 0 Å². The van der Waals surface area contributed by atoms with Crippen LogP contribution in [0.5, 0.6) is 0 Å². The quantitative estimate of drug-likeness (QED) is 0.0839. The number of carbonyl (C=O) groups excluding carboxylic acids is 2. The molecule has 56 heavy (non-hydrogen) atoms. The molecule has 0 aromatic heterocycles. The second-order valence-electron chi connectivity index (χ2n) is 14.3. The maximum Gasteiger partial charge on any atom is 0.328 e. The molecule has 1 aliphatic heterocycles. The number of benzene rings is 5. The summed E-state index contributed by atoms with van der Waals surface area (Å²) < 4.78 is 18.2. The van der Waals surface area contributed by atoms with Crippen LogP contribution in [0, 0.1) is 0 Å². The third kappa shape index (κ3) is 10.5. The zero-order valence-electron chi connectivity index (χ0n) is 32.1. The van der Waals surface area contributed by atoms with Gasteiger partial charge < -0.3 is 35.1 Å². The molecule has 10 heteroatoms. The highest BCUT2D eigenvalue weighted by Crippen LogP contribution is 2.39. The molecule has 0 aliphatic carbocycles. The lowest BCUT2D eigenvalue weighted by molar-refractivity contribution is -0.253. The predicted molar refractivity (Wildman–Crippen MR) is 215 cm³/mol. The topological polar surface area (TPSA) is 130 Å². The summed E-state index contributed by atoms with van der Waals surface area (Å²) in [5.41, 5.74) is 7.27. The van der Waals surface area contributed by atoms with Crippen molar-refractivity contribution >= 4 is 12.0 Å². The maximum absolute atomic E-state index is 13.0. The number of aliphatic hydroxyl groups excluding tert-OH is 2. The van der Waals surface area contributed by atoms with Crippen molar-refractivity contribution in [2.75, 3.05) is 20.7 Å². The summed E-state index contributed by atoms with van der Waals surface area (Å²) in [5.74, 6) is -0.518. The van der Waals surface area contributed by atoms with E-state index in [4.69, 9.17) is 14.2 Å². The number of rotatable bonds is 15. The van der Waals surface area contributed by atoms with Gasteiger partial charge >= 0.3 is 12.0 Å². The van der Waals surface area contributed by atoms with Crippen LogP contribution in [-0.2, 0) is 38.6 Å². The third-order valence-electron chi connectivity index (χ3n) is 10.4. The molecule has 1 aliphatic rings. The highest BCUT2D eigenvalue weighted by molar-refractivity contribution is 5.84. The van der Waals surface area contributed by atoms with Crippen molar-refractivity contribution in [1.29, 1.82) is 0 Å². The molecule has 4 N–H and O–H groups in total. The van der Waals surface area contributed by atoms with Crippen LogP contribution in [0.3, 0.4) is 0 Å². The molecule has 0 bridgehead atoms. The summed E-state index contributed by atoms with van der Waals surface area (Å²) >= 11 is 0. The molecule has 2 amide bonds. The van der Waals surface area contributed by atoms with Crippen molar-refractivity contribution in [2.45, 2.75) is 69.6 Å². The minimum atomic E-state index is -0.835. The van der Waals surface area contributed by atoms with E-state index in [0.717, 1.165) is 44.5 Å². The molecule has 6 rings (SSSR count). The fourth-order valence-corrected chi connectivity index (χ4v) is 7.04. The van der Waals surface area contributed by atoms with Gasteiger partial charge in [0.05, 0.1) is 32.0 Å². The van der Waals surface area contributed by atoms with Gasteiger partial charge in [-0.2, -0.15) is 0 Å². The molecule has 10 nitrogen and oxygen atoms in total. The van der Waals surface area contributed by atoms with Crippen LogP contribution in [0.15, 0.2) is 133 Å². The number of esters is 1. The molecule has 5 aromatic rings. The number of urea groups is 1. The summed E-state index contributed by atoms with van der Waals surface area (Å²) in [6.07, 6.45) is -0.828. The number of hydrogen-bond donors (Lipinski definition) is 4. The van der Waals surface area contributed by atoms with Gasteiger partial charge in [-0.15, -0.1) is 0 Å². The van der Waals surface area contributed by atoms with Gasteiger partial charge in [-0.25, -0.2) is 9.59 Å². The Bertz CT molecular complexity index is 1990. The molecule has 0 radical (unpaired) electrons. The van der Waals surface area contributed by atoms with E-state index in [2.05, 4.69) is 15.5 Å². The zero-order valence-corrected chi connectivity index (χ0v) is 32.1. The van der Waals surface area contributed by atoms with Crippen LogP contribution in [0.2, 0.25) is 0 Å². The summed E-state index contributed by atoms with van der Waals surface area (Å²) in [6.45, 7) is 2.80. The van der Waals surface area contributed by atoms with E-state index in [9.17, 15) is 19.8 Å². The minimum absolute atomic E-state index is 0.0318. The van der Waals surface area contributed by atoms with Crippen LogP contribution in [0.1, 0.15) is 65.2 Å². The Morgan fingerprint density at radius 2 is 1.46 bits per heavy atom. The SMILES string of the molecule is COC(=O)[C@H](Cc1ccccc1)NC(=O)NCc1ccccc1-c1ccc([C@@H]2O[C@H](CN(C)[C@@H](C)[C@H](O)c3ccccc3)C[C@H](c3ccc(CO)cc3)O2)cc1. The van der Waals surface area contributed by atoms with E-state index in [1.807, 2.05) is 147 Å². The summed E-state index contributed by atoms with van der Waals surface area (Å²) in [7, 11) is 3.31. The number of likely N-dealkylation sites (N-methyl/N-ethyl adjacent to an activating group) is 1. The molecular weight excluding hydrogens is 707 g/mol. The van der Waals surface area contributed by atoms with Gasteiger partial charge in [-0.1, -0.05) is 133 Å². The summed E-state index contributed by atoms with van der Waals surface area (Å²) in [5, 5.41) is 26.4. The average molecular weight is 758 g/mol. The van der Waals surface area contributed by atoms with Gasteiger partial charge in [0.1, 0.15) is 6.04 Å². The number of ether oxygens (including phenoxy) is 3. The normalized spacial score (nSPS) is 18.4. The molecule has 1 fully saturated rings. The van der Waals surface area contributed by atoms with Crippen LogP contribution in [0.4, 0.5) is 4.79 Å². The van der Waals surface area contributed by atoms with Crippen molar-refractivity contribution in [3.8, 4) is 11.1 Å². The Balaban J connectivity index is 1.15. The summed E-state index contributed by atoms with van der Waals surface area (Å²) in [6, 6.07) is 41.4. The predicted octanol–water partition coefficient (Wildman–Crippen LogP) is 7.03. The van der Waals surface area contributed by atoms with E-state index in [1.54, 1.807) is 0 Å². The summed E-state index contributed by atoms with van der Waals surface area (Å²) in [4.78, 5) is 27.6. The first-order valence-corrected chi connectivity index (χ1v) is 19.0. The maximum atomic E-state index is 13.0. The molecule has 1 saturated heterocycles. The van der Waals surface area contributed by atoms with Gasteiger partial charge in [-0.3, -0.25) is 4.90 Å². The first-order valence-electron chi connectivity index (χ1n) is 19.0. The number of aliphatic hydroxyl groups is 2. The van der Waals surface area contributed by atoms with Gasteiger partial charge in [0, 0.05) is 37.5 Å². The van der Waals surface area contributed by atoms with Crippen molar-refractivity contribution < 1.29 is 34.0 Å². The fourth-order valence-electron chi connectivity index (χ4n) is 7.04. The van der Waals surface area contributed by atoms with Crippen molar-refractivity contribution in [3.63, 3.8) is 0 Å². The highest BCUT2D eigenvalue weighted by Gasteiger charge is 2.34. The Kier molecular flexibility index (Phi) is 14.0. The Hall–Kier alpha value is -5.36. The van der Waals surface area contributed by atoms with Gasteiger partial charge in [0.2, 0.25) is 0 Å². The number of nitrogens with zero attached hydrogens (tertiary/aromatic N) is 1. The van der Waals surface area contributed by atoms with E-state index >= 15 is 0 Å². The minimum Gasteiger partial charge on any atom is -0.467 e. The molecule has 0 unspecified atom stereocenters. The Labute approximate surface area is 329 Å². The van der Waals surface area contributed by atoms with Crippen molar-refractivity contribution in [3.05, 3.63) is 167 Å². The molecule has 0 saturated carbocycles. The number of hydrogen-bond acceptors (Lipinski definition) is 8. The van der Waals surface area contributed by atoms with E-state index in [0.29, 0.717) is 19.4 Å². The first-order chi connectivity index (χ1) is 27.2. The molecule has 0 spiro atoms. The molecule has 292 valence electrons. The Morgan fingerprint density at radius 1 is 0.821 bits per heavy atom. The fraction of sp³-hybridized carbons (Fsp3) is 0.304. The van der Waals surface area contributed by atoms with Crippen LogP contribution < -0.4 is 10.6 Å². The third-order valence-corrected chi connectivity index (χ3v) is 10.4. The van der Waals surface area contributed by atoms with Gasteiger partial charge in [0.15, 0.2) is 6.29 Å². The number of amides is 2. The lowest BCUT2D eigenvalue weighted by Gasteiger charge is -2.39. The molecule has 5 aromatic carbocycles. The molecular formula is C46H51N3O7. The van der Waals surface area contributed by atoms with E-state index in [-0.39, 0.29) is 31.4 Å². The second-order valence-corrected chi connectivity index (χ2v) is 14.3. The second kappa shape index (κ2) is 19.5. The molecule has 6 atom stereocenters. The van der Waals surface area contributed by atoms with Crippen LogP contribution >= 0.6 is 0 Å². The van der Waals surface area contributed by atoms with E-state index in [1.165, 1.54) is 7.11 Å². The standard InChI is InChI=1S/C46H51N3O7/c1-31(43(51)36-14-8-5-9-15-36)49(2)29-39-27-42(35-20-18-33(30-50)19-21-35)56-45(55-39)37-24-22-34(23-25-37)40-17-11-10-16-38(40)28-47-46(53)48-41(44(52)54-3)26-32-12-6-4-7-13-32/h4-25,31,39,41-43,45,50-51H,26-30H2,1-3H3,(H2,47,48,53)/t31-,39-,41-,42+,43-,45+/m0/s1. The lowest BCUT2D eigenvalue weighted by atomic mass is 9.97. The first kappa shape index (κ1) is 40.3. The van der Waals surface area contributed by atoms with Crippen molar-refractivity contribution in [1.82, 2.24) is 15.5 Å². The highest BCUT2D eigenvalue weighted by atomic mass is 16.7. The number of carbonyl (C=O) groups is 2.